The summed E-state index contributed by atoms with van der Waals surface area (Å²) in [5.74, 6) is 4.16. The Kier molecular flexibility index (Phi) is 3.24. The molecular weight excluding hydrogens is 354 g/mol. The maximum atomic E-state index is 12.8. The van der Waals surface area contributed by atoms with E-state index in [2.05, 4.69) is 44.4 Å². The summed E-state index contributed by atoms with van der Waals surface area (Å²) in [6, 6.07) is 0. The van der Waals surface area contributed by atoms with Gasteiger partial charge in [0.25, 0.3) is 5.56 Å². The normalized spacial score (nSPS) is 29.8. The Morgan fingerprint density at radius 1 is 1.25 bits per heavy atom. The van der Waals surface area contributed by atoms with Gasteiger partial charge in [0.05, 0.1) is 23.4 Å². The van der Waals surface area contributed by atoms with Gasteiger partial charge in [-0.15, -0.1) is 0 Å². The van der Waals surface area contributed by atoms with Crippen LogP contribution in [-0.2, 0) is 6.54 Å². The van der Waals surface area contributed by atoms with Crippen LogP contribution in [0.1, 0.15) is 29.6 Å². The molecule has 5 atom stereocenters. The van der Waals surface area contributed by atoms with E-state index in [1.165, 1.54) is 17.3 Å². The molecule has 28 heavy (non-hydrogen) atoms. The van der Waals surface area contributed by atoms with E-state index in [0.717, 1.165) is 11.4 Å². The molecule has 0 radical (unpaired) electrons. The van der Waals surface area contributed by atoms with Crippen molar-refractivity contribution >= 4 is 10.9 Å². The molecule has 2 fully saturated rings. The van der Waals surface area contributed by atoms with Gasteiger partial charge in [-0.3, -0.25) is 14.3 Å². The quantitative estimate of drug-likeness (QED) is 0.701. The number of fused-ring (bicyclic) bond motifs is 4. The van der Waals surface area contributed by atoms with E-state index in [-0.39, 0.29) is 12.1 Å². The minimum absolute atomic E-state index is 0.116. The lowest BCUT2D eigenvalue weighted by Gasteiger charge is -2.19. The Hall–Kier alpha value is -3.09. The molecule has 6 rings (SSSR count). The molecule has 3 aromatic rings. The molecule has 0 amide bonds. The average Bonchev–Trinajstić information content (AvgIpc) is 3.04. The highest BCUT2D eigenvalue weighted by molar-refractivity contribution is 5.79. The summed E-state index contributed by atoms with van der Waals surface area (Å²) in [5, 5.41) is 4.81. The fraction of sp³-hybridized carbons (Fsp3) is 0.381. The summed E-state index contributed by atoms with van der Waals surface area (Å²) in [7, 11) is 0. The first-order chi connectivity index (χ1) is 13.7. The van der Waals surface area contributed by atoms with Crippen molar-refractivity contribution < 1.29 is 4.52 Å². The van der Waals surface area contributed by atoms with Crippen LogP contribution in [0, 0.1) is 30.6 Å². The second-order valence-corrected chi connectivity index (χ2v) is 8.09. The third kappa shape index (κ3) is 2.25. The highest BCUT2D eigenvalue weighted by Crippen LogP contribution is 2.67. The molecule has 0 aliphatic heterocycles. The van der Waals surface area contributed by atoms with Gasteiger partial charge in [0.2, 0.25) is 5.89 Å². The number of aromatic nitrogens is 5. The van der Waals surface area contributed by atoms with Crippen molar-refractivity contribution in [3.05, 3.63) is 70.7 Å². The zero-order chi connectivity index (χ0) is 18.8. The van der Waals surface area contributed by atoms with Crippen molar-refractivity contribution in [1.29, 1.82) is 0 Å². The second kappa shape index (κ2) is 5.70. The van der Waals surface area contributed by atoms with Crippen molar-refractivity contribution in [3.8, 4) is 0 Å². The van der Waals surface area contributed by atoms with Gasteiger partial charge in [0, 0.05) is 12.1 Å². The molecule has 2 unspecified atom stereocenters. The first-order valence-electron chi connectivity index (χ1n) is 9.68. The highest BCUT2D eigenvalue weighted by Gasteiger charge is 2.62. The molecule has 0 bridgehead atoms. The lowest BCUT2D eigenvalue weighted by molar-refractivity contribution is 0.360. The summed E-state index contributed by atoms with van der Waals surface area (Å²) < 4.78 is 6.99. The topological polar surface area (TPSA) is 86.7 Å². The minimum Gasteiger partial charge on any atom is -0.337 e. The van der Waals surface area contributed by atoms with E-state index in [9.17, 15) is 4.79 Å². The molecule has 3 heterocycles. The summed E-state index contributed by atoms with van der Waals surface area (Å²) in [4.78, 5) is 25.9. The Balaban J connectivity index is 1.26. The first kappa shape index (κ1) is 15.9. The van der Waals surface area contributed by atoms with Crippen LogP contribution in [0.4, 0.5) is 0 Å². The van der Waals surface area contributed by atoms with Crippen LogP contribution in [0.5, 0.6) is 0 Å². The molecule has 7 nitrogen and oxygen atoms in total. The van der Waals surface area contributed by atoms with E-state index in [4.69, 9.17) is 4.52 Å². The Morgan fingerprint density at radius 2 is 2.14 bits per heavy atom. The Bertz CT molecular complexity index is 1210. The van der Waals surface area contributed by atoms with E-state index in [1.54, 1.807) is 12.4 Å². The summed E-state index contributed by atoms with van der Waals surface area (Å²) in [5.41, 5.74) is 1.29. The fourth-order valence-electron chi connectivity index (χ4n) is 5.21. The third-order valence-electron chi connectivity index (χ3n) is 6.53. The number of nitrogens with zero attached hydrogens (tertiary/aromatic N) is 5. The molecule has 0 aromatic carbocycles. The van der Waals surface area contributed by atoms with E-state index >= 15 is 0 Å². The number of rotatable bonds is 3. The predicted octanol–water partition coefficient (Wildman–Crippen LogP) is 2.62. The molecule has 2 saturated carbocycles. The number of hydrogen-bond donors (Lipinski definition) is 0. The van der Waals surface area contributed by atoms with Crippen molar-refractivity contribution in [2.75, 3.05) is 0 Å². The van der Waals surface area contributed by atoms with Crippen LogP contribution in [-0.4, -0.2) is 24.7 Å². The average molecular weight is 373 g/mol. The van der Waals surface area contributed by atoms with Crippen molar-refractivity contribution in [3.63, 3.8) is 0 Å². The molecule has 0 saturated heterocycles. The van der Waals surface area contributed by atoms with Crippen LogP contribution in [0.3, 0.4) is 0 Å². The van der Waals surface area contributed by atoms with Gasteiger partial charge in [-0.2, -0.15) is 4.98 Å². The smallest absolute Gasteiger partial charge is 0.262 e. The summed E-state index contributed by atoms with van der Waals surface area (Å²) >= 11 is 0. The van der Waals surface area contributed by atoms with E-state index < -0.39 is 0 Å². The van der Waals surface area contributed by atoms with Gasteiger partial charge in [0.15, 0.2) is 5.82 Å². The van der Waals surface area contributed by atoms with Crippen LogP contribution in [0.15, 0.2) is 52.3 Å². The lowest BCUT2D eigenvalue weighted by atomic mass is 9.85. The predicted molar refractivity (Wildman–Crippen MR) is 102 cm³/mol. The maximum Gasteiger partial charge on any atom is 0.262 e. The SMILES string of the molecule is Cc1cncc2ncn(Cc3nc([C@@H]4[C@H]5CC6C=CC=CC6[C@H]54)no3)c(=O)c12. The molecular formula is C21H19N5O2. The van der Waals surface area contributed by atoms with Crippen LogP contribution >= 0.6 is 0 Å². The molecule has 7 heteroatoms. The molecule has 140 valence electrons. The van der Waals surface area contributed by atoms with Crippen LogP contribution < -0.4 is 5.56 Å². The van der Waals surface area contributed by atoms with Gasteiger partial charge in [-0.25, -0.2) is 4.98 Å². The zero-order valence-electron chi connectivity index (χ0n) is 15.4. The van der Waals surface area contributed by atoms with Crippen LogP contribution in [0.25, 0.3) is 10.9 Å². The van der Waals surface area contributed by atoms with Gasteiger partial charge in [0.1, 0.15) is 6.54 Å². The van der Waals surface area contributed by atoms with Crippen molar-refractivity contribution in [1.82, 2.24) is 24.7 Å². The van der Waals surface area contributed by atoms with Gasteiger partial charge in [-0.1, -0.05) is 29.5 Å². The van der Waals surface area contributed by atoms with E-state index in [1.807, 2.05) is 6.92 Å². The number of aryl methyl sites for hydroxylation is 1. The second-order valence-electron chi connectivity index (χ2n) is 8.09. The molecule has 0 N–H and O–H groups in total. The van der Waals surface area contributed by atoms with Gasteiger partial charge >= 0.3 is 0 Å². The van der Waals surface area contributed by atoms with Gasteiger partial charge < -0.3 is 4.52 Å². The minimum atomic E-state index is -0.116. The number of hydrogen-bond acceptors (Lipinski definition) is 6. The number of pyridine rings is 1. The summed E-state index contributed by atoms with van der Waals surface area (Å²) in [6.45, 7) is 2.09. The summed E-state index contributed by atoms with van der Waals surface area (Å²) in [6.07, 6.45) is 15.0. The Morgan fingerprint density at radius 3 is 3.07 bits per heavy atom. The first-order valence-corrected chi connectivity index (χ1v) is 9.68. The third-order valence-corrected chi connectivity index (χ3v) is 6.53. The monoisotopic (exact) mass is 373 g/mol. The highest BCUT2D eigenvalue weighted by atomic mass is 16.5. The molecule has 3 aromatic heterocycles. The molecule has 3 aliphatic rings. The molecule has 3 aliphatic carbocycles. The van der Waals surface area contributed by atoms with Crippen LogP contribution in [0.2, 0.25) is 0 Å². The van der Waals surface area contributed by atoms with E-state index in [0.29, 0.717) is 46.4 Å². The maximum absolute atomic E-state index is 12.8. The molecule has 0 spiro atoms. The fourth-order valence-corrected chi connectivity index (χ4v) is 5.21. The van der Waals surface area contributed by atoms with Gasteiger partial charge in [-0.05, 0) is 42.6 Å². The lowest BCUT2D eigenvalue weighted by Crippen LogP contribution is -2.22. The standard InChI is InChI=1S/C21H19N5O2/c1-11-7-22-8-15-17(11)21(27)26(10-23-15)9-16-24-20(25-28-16)19-14-6-12-4-2-3-5-13(12)18(14)19/h2-5,7-8,10,12-14,18-19H,6,9H2,1H3/t12?,13?,14-,18+,19+/m0/s1. The number of allylic oxidation sites excluding steroid dienone is 4. The largest absolute Gasteiger partial charge is 0.337 e. The zero-order valence-corrected chi connectivity index (χ0v) is 15.4. The Labute approximate surface area is 160 Å². The van der Waals surface area contributed by atoms with Crippen molar-refractivity contribution in [2.24, 2.45) is 23.7 Å². The van der Waals surface area contributed by atoms with Crippen molar-refractivity contribution in [2.45, 2.75) is 25.8 Å².